The van der Waals surface area contributed by atoms with E-state index in [9.17, 15) is 0 Å². The largest absolute Gasteiger partial charge is 2.00 e. The van der Waals surface area contributed by atoms with Gasteiger partial charge in [-0.15, -0.1) is 56.9 Å². The maximum absolute atomic E-state index is 2.18. The second kappa shape index (κ2) is 7.41. The molecule has 0 amide bonds. The van der Waals surface area contributed by atoms with E-state index in [1.165, 1.54) is 43.8 Å². The van der Waals surface area contributed by atoms with Crippen molar-refractivity contribution in [2.45, 2.75) is 27.7 Å². The average molecular weight is 378 g/mol. The van der Waals surface area contributed by atoms with Crippen LogP contribution in [-0.2, 0) is 26.2 Å². The topological polar surface area (TPSA) is 0 Å². The van der Waals surface area contributed by atoms with E-state index in [0.717, 1.165) is 0 Å². The molecule has 0 aromatic heterocycles. The van der Waals surface area contributed by atoms with Crippen molar-refractivity contribution in [3.63, 3.8) is 0 Å². The van der Waals surface area contributed by atoms with Crippen molar-refractivity contribution >= 4 is 21.5 Å². The zero-order chi connectivity index (χ0) is 15.7. The number of hydrogen-bond acceptors (Lipinski definition) is 0. The Balaban J connectivity index is 0.000000160. The summed E-state index contributed by atoms with van der Waals surface area (Å²) in [5.41, 5.74) is 5.48. The van der Waals surface area contributed by atoms with E-state index in [-0.39, 0.29) is 26.2 Å². The fourth-order valence-corrected chi connectivity index (χ4v) is 3.07. The molecule has 4 rings (SSSR count). The van der Waals surface area contributed by atoms with Crippen LogP contribution in [0.2, 0.25) is 0 Å². The number of aryl methyl sites for hydroxylation is 4. The molecule has 0 aliphatic heterocycles. The molecule has 0 atom stereocenters. The Hall–Kier alpha value is -1.46. The third-order valence-electron chi connectivity index (χ3n) is 4.50. The van der Waals surface area contributed by atoms with Crippen molar-refractivity contribution in [3.8, 4) is 0 Å². The van der Waals surface area contributed by atoms with Gasteiger partial charge in [-0.25, -0.2) is 0 Å². The molecular formula is C22H22Zr. The first-order valence-corrected chi connectivity index (χ1v) is 7.81. The van der Waals surface area contributed by atoms with Crippen LogP contribution in [0.15, 0.2) is 60.7 Å². The molecule has 114 valence electrons. The first-order chi connectivity index (χ1) is 10.6. The van der Waals surface area contributed by atoms with Crippen LogP contribution in [0.4, 0.5) is 0 Å². The quantitative estimate of drug-likeness (QED) is 0.313. The molecule has 0 radical (unpaired) electrons. The molecule has 0 fully saturated rings. The molecule has 0 unspecified atom stereocenters. The summed E-state index contributed by atoms with van der Waals surface area (Å²) < 4.78 is 0. The standard InChI is InChI=1S/2C11H11.Zr/c2*1-8-6-7-9(2)11-5-3-4-10(8)11;/h2*3-7H,1-2H3;/q2*-1;+2. The van der Waals surface area contributed by atoms with E-state index in [1.807, 2.05) is 0 Å². The van der Waals surface area contributed by atoms with Gasteiger partial charge in [0.05, 0.1) is 0 Å². The number of fused-ring (bicyclic) bond motifs is 2. The number of rotatable bonds is 0. The number of benzene rings is 2. The van der Waals surface area contributed by atoms with E-state index in [0.29, 0.717) is 0 Å². The molecule has 0 bridgehead atoms. The third kappa shape index (κ3) is 3.56. The summed E-state index contributed by atoms with van der Waals surface area (Å²) in [6, 6.07) is 21.7. The Bertz CT molecular complexity index is 772. The van der Waals surface area contributed by atoms with Gasteiger partial charge in [-0.3, -0.25) is 0 Å². The monoisotopic (exact) mass is 376 g/mol. The summed E-state index contributed by atoms with van der Waals surface area (Å²) >= 11 is 0. The van der Waals surface area contributed by atoms with Gasteiger partial charge in [0.1, 0.15) is 0 Å². The van der Waals surface area contributed by atoms with Crippen molar-refractivity contribution in [1.82, 2.24) is 0 Å². The molecule has 0 aliphatic rings. The van der Waals surface area contributed by atoms with E-state index in [1.54, 1.807) is 0 Å². The summed E-state index contributed by atoms with van der Waals surface area (Å²) in [6.45, 7) is 8.62. The van der Waals surface area contributed by atoms with Gasteiger partial charge in [0.2, 0.25) is 0 Å². The van der Waals surface area contributed by atoms with Crippen LogP contribution in [0.25, 0.3) is 21.5 Å². The molecule has 1 heteroatoms. The van der Waals surface area contributed by atoms with Crippen LogP contribution in [0.5, 0.6) is 0 Å². The van der Waals surface area contributed by atoms with Crippen molar-refractivity contribution in [3.05, 3.63) is 82.9 Å². The summed E-state index contributed by atoms with van der Waals surface area (Å²) in [6.07, 6.45) is 0. The van der Waals surface area contributed by atoms with Crippen LogP contribution < -0.4 is 0 Å². The molecule has 0 nitrogen and oxygen atoms in total. The Kier molecular flexibility index (Phi) is 5.76. The van der Waals surface area contributed by atoms with E-state index < -0.39 is 0 Å². The van der Waals surface area contributed by atoms with E-state index >= 15 is 0 Å². The predicted molar refractivity (Wildman–Crippen MR) is 98.0 cm³/mol. The SMILES string of the molecule is Cc1ccc(C)c2[cH-]ccc12.Cc1ccc(C)c2[cH-]ccc12.[Zr+2]. The third-order valence-corrected chi connectivity index (χ3v) is 4.50. The molecular weight excluding hydrogens is 355 g/mol. The summed E-state index contributed by atoms with van der Waals surface area (Å²) in [4.78, 5) is 0. The van der Waals surface area contributed by atoms with Gasteiger partial charge in [-0.1, -0.05) is 37.1 Å². The van der Waals surface area contributed by atoms with Gasteiger partial charge in [0.15, 0.2) is 0 Å². The van der Waals surface area contributed by atoms with Crippen molar-refractivity contribution < 1.29 is 26.2 Å². The van der Waals surface area contributed by atoms with E-state index in [2.05, 4.69) is 88.4 Å². The molecule has 0 saturated heterocycles. The van der Waals surface area contributed by atoms with Crippen LogP contribution in [0, 0.1) is 27.7 Å². The molecule has 0 heterocycles. The molecule has 0 saturated carbocycles. The normalized spacial score (nSPS) is 10.3. The van der Waals surface area contributed by atoms with Crippen molar-refractivity contribution in [2.75, 3.05) is 0 Å². The summed E-state index contributed by atoms with van der Waals surface area (Å²) in [7, 11) is 0. The molecule has 4 aromatic rings. The molecule has 4 aromatic carbocycles. The first kappa shape index (κ1) is 17.9. The Morgan fingerprint density at radius 1 is 0.522 bits per heavy atom. The van der Waals surface area contributed by atoms with Crippen molar-refractivity contribution in [2.24, 2.45) is 0 Å². The molecule has 0 N–H and O–H groups in total. The maximum Gasteiger partial charge on any atom is 2.00 e. The van der Waals surface area contributed by atoms with Gasteiger partial charge in [0, 0.05) is 0 Å². The average Bonchev–Trinajstić information content (AvgIpc) is 3.17. The molecule has 0 spiro atoms. The minimum Gasteiger partial charge on any atom is -0.168 e. The predicted octanol–water partition coefficient (Wildman–Crippen LogP) is 6.35. The first-order valence-electron chi connectivity index (χ1n) is 7.81. The van der Waals surface area contributed by atoms with Gasteiger partial charge < -0.3 is 0 Å². The zero-order valence-corrected chi connectivity index (χ0v) is 16.7. The fraction of sp³-hybridized carbons (Fsp3) is 0.182. The number of hydrogen-bond donors (Lipinski definition) is 0. The Labute approximate surface area is 158 Å². The molecule has 0 aliphatic carbocycles. The van der Waals surface area contributed by atoms with Crippen LogP contribution >= 0.6 is 0 Å². The van der Waals surface area contributed by atoms with Gasteiger partial charge >= 0.3 is 26.2 Å². The van der Waals surface area contributed by atoms with Gasteiger partial charge in [0.25, 0.3) is 0 Å². The Morgan fingerprint density at radius 3 is 1.22 bits per heavy atom. The summed E-state index contributed by atoms with van der Waals surface area (Å²) in [5, 5.41) is 5.57. The molecule has 23 heavy (non-hydrogen) atoms. The maximum atomic E-state index is 2.18. The van der Waals surface area contributed by atoms with Crippen LogP contribution in [0.1, 0.15) is 22.3 Å². The Morgan fingerprint density at radius 2 is 0.870 bits per heavy atom. The summed E-state index contributed by atoms with van der Waals surface area (Å²) in [5.74, 6) is 0. The zero-order valence-electron chi connectivity index (χ0n) is 14.3. The smallest absolute Gasteiger partial charge is 0.168 e. The van der Waals surface area contributed by atoms with Crippen molar-refractivity contribution in [1.29, 1.82) is 0 Å². The second-order valence-corrected chi connectivity index (χ2v) is 6.10. The van der Waals surface area contributed by atoms with Crippen LogP contribution in [0.3, 0.4) is 0 Å². The second-order valence-electron chi connectivity index (χ2n) is 6.10. The fourth-order valence-electron chi connectivity index (χ4n) is 3.07. The van der Waals surface area contributed by atoms with Gasteiger partial charge in [-0.2, -0.15) is 24.3 Å². The minimum absolute atomic E-state index is 0. The van der Waals surface area contributed by atoms with Gasteiger partial charge in [-0.05, 0) is 13.8 Å². The van der Waals surface area contributed by atoms with E-state index in [4.69, 9.17) is 0 Å². The minimum atomic E-state index is 0. The van der Waals surface area contributed by atoms with Crippen LogP contribution in [-0.4, -0.2) is 0 Å².